The second kappa shape index (κ2) is 4.55. The molecule has 1 amide bonds. The average molecular weight is 285 g/mol. The van der Waals surface area contributed by atoms with Crippen LogP contribution in [0.4, 0.5) is 0 Å². The van der Waals surface area contributed by atoms with E-state index >= 15 is 0 Å². The van der Waals surface area contributed by atoms with Gasteiger partial charge in [0.15, 0.2) is 0 Å². The van der Waals surface area contributed by atoms with E-state index in [-0.39, 0.29) is 5.91 Å². The second-order valence-electron chi connectivity index (χ2n) is 2.87. The van der Waals surface area contributed by atoms with Gasteiger partial charge in [0.05, 0.1) is 0 Å². The molecule has 0 aliphatic heterocycles. The zero-order valence-corrected chi connectivity index (χ0v) is 10.8. The van der Waals surface area contributed by atoms with E-state index in [0.717, 1.165) is 3.71 Å². The van der Waals surface area contributed by atoms with Crippen molar-refractivity contribution in [1.82, 2.24) is 15.3 Å². The molecule has 4 nitrogen and oxygen atoms in total. The molecule has 1 heterocycles. The van der Waals surface area contributed by atoms with E-state index in [1.807, 2.05) is 0 Å². The Morgan fingerprint density at radius 2 is 2.15 bits per heavy atom. The molecule has 69 valence electrons. The van der Waals surface area contributed by atoms with E-state index in [4.69, 9.17) is 0 Å². The third-order valence-electron chi connectivity index (χ3n) is 1.64. The summed E-state index contributed by atoms with van der Waals surface area (Å²) in [7, 11) is 1.60. The van der Waals surface area contributed by atoms with Gasteiger partial charge in [0, 0.05) is 0 Å². The number of nitrogens with zero attached hydrogens (tertiary/aromatic N) is 2. The molecule has 1 aromatic heterocycles. The third-order valence-corrected chi connectivity index (χ3v) is 5.34. The van der Waals surface area contributed by atoms with Crippen LogP contribution in [0.5, 0.6) is 0 Å². The second-order valence-corrected chi connectivity index (χ2v) is 10.0. The summed E-state index contributed by atoms with van der Waals surface area (Å²) in [6.07, 6.45) is 1.47. The van der Waals surface area contributed by atoms with Gasteiger partial charge in [-0.2, -0.15) is 0 Å². The number of hydrogen-bond acceptors (Lipinski definition) is 3. The van der Waals surface area contributed by atoms with Crippen LogP contribution in [0.1, 0.15) is 10.5 Å². The van der Waals surface area contributed by atoms with Crippen molar-refractivity contribution in [3.8, 4) is 0 Å². The Bertz CT molecular complexity index is 314. The van der Waals surface area contributed by atoms with Gasteiger partial charge in [0.1, 0.15) is 0 Å². The molecule has 13 heavy (non-hydrogen) atoms. The number of carbonyl (C=O) groups is 1. The van der Waals surface area contributed by atoms with Crippen molar-refractivity contribution in [3.63, 3.8) is 0 Å². The van der Waals surface area contributed by atoms with Crippen molar-refractivity contribution in [1.29, 1.82) is 0 Å². The summed E-state index contributed by atoms with van der Waals surface area (Å²) in [5.41, 5.74) is 0.467. The fourth-order valence-electron chi connectivity index (χ4n) is 0.883. The van der Waals surface area contributed by atoms with E-state index < -0.39 is 19.8 Å². The number of carbonyl (C=O) groups excluding carboxylic acids is 1. The van der Waals surface area contributed by atoms with Crippen LogP contribution in [0.2, 0.25) is 9.88 Å². The van der Waals surface area contributed by atoms with E-state index in [9.17, 15) is 4.79 Å². The maximum absolute atomic E-state index is 11.2. The quantitative estimate of drug-likeness (QED) is 0.765. The molecule has 5 heteroatoms. The first-order chi connectivity index (χ1) is 6.15. The maximum atomic E-state index is 11.2. The van der Waals surface area contributed by atoms with Gasteiger partial charge in [-0.05, 0) is 0 Å². The molecule has 0 aliphatic carbocycles. The van der Waals surface area contributed by atoms with Crippen molar-refractivity contribution < 1.29 is 4.79 Å². The number of nitrogens with one attached hydrogen (secondary N) is 1. The summed E-state index contributed by atoms with van der Waals surface area (Å²) in [5, 5.41) is 2.54. The fourth-order valence-corrected chi connectivity index (χ4v) is 3.00. The molecule has 1 radical (unpaired) electrons. The van der Waals surface area contributed by atoms with Gasteiger partial charge < -0.3 is 0 Å². The van der Waals surface area contributed by atoms with Crippen LogP contribution in [0.25, 0.3) is 0 Å². The molecule has 0 aromatic carbocycles. The number of rotatable bonds is 2. The zero-order valence-electron chi connectivity index (χ0n) is 7.96. The molecule has 0 spiro atoms. The monoisotopic (exact) mass is 286 g/mol. The van der Waals surface area contributed by atoms with Gasteiger partial charge in [-0.25, -0.2) is 0 Å². The van der Waals surface area contributed by atoms with E-state index in [0.29, 0.717) is 5.69 Å². The molecule has 0 atom stereocenters. The molecule has 1 rings (SSSR count). The Morgan fingerprint density at radius 1 is 1.46 bits per heavy atom. The third kappa shape index (κ3) is 2.65. The van der Waals surface area contributed by atoms with E-state index in [2.05, 4.69) is 25.2 Å². The van der Waals surface area contributed by atoms with Crippen LogP contribution in [0, 0.1) is 0 Å². The minimum atomic E-state index is -1.46. The molecular weight excluding hydrogens is 273 g/mol. The molecule has 0 saturated carbocycles. The molecule has 1 N–H and O–H groups in total. The van der Waals surface area contributed by atoms with Crippen molar-refractivity contribution in [2.45, 2.75) is 9.88 Å². The predicted octanol–water partition coefficient (Wildman–Crippen LogP) is -0.202. The van der Waals surface area contributed by atoms with Crippen LogP contribution in [0.15, 0.2) is 12.4 Å². The summed E-state index contributed by atoms with van der Waals surface area (Å²) >= 11 is -1.46. The summed E-state index contributed by atoms with van der Waals surface area (Å²) < 4.78 is 1.08. The van der Waals surface area contributed by atoms with Gasteiger partial charge in [-0.3, -0.25) is 0 Å². The SMILES string of the molecule is CNC(=O)c1c[c]([Sn]([CH3])[CH3])ncn1. The first kappa shape index (κ1) is 10.4. The summed E-state index contributed by atoms with van der Waals surface area (Å²) in [4.78, 5) is 23.7. The molecule has 0 saturated heterocycles. The van der Waals surface area contributed by atoms with Crippen molar-refractivity contribution in [2.75, 3.05) is 7.05 Å². The Balaban J connectivity index is 2.98. The molecular formula is C8H12N3OSn. The first-order valence-corrected chi connectivity index (χ1v) is 11.1. The van der Waals surface area contributed by atoms with Gasteiger partial charge in [-0.1, -0.05) is 0 Å². The summed E-state index contributed by atoms with van der Waals surface area (Å²) in [6.45, 7) is 0. The van der Waals surface area contributed by atoms with Crippen molar-refractivity contribution >= 4 is 29.4 Å². The Labute approximate surface area is 84.5 Å². The topological polar surface area (TPSA) is 54.9 Å². The molecule has 0 aliphatic rings. The summed E-state index contributed by atoms with van der Waals surface area (Å²) in [5.74, 6) is -0.145. The Kier molecular flexibility index (Phi) is 3.65. The minimum absolute atomic E-state index is 0.145. The van der Waals surface area contributed by atoms with Gasteiger partial charge in [0.2, 0.25) is 0 Å². The van der Waals surface area contributed by atoms with E-state index in [1.54, 1.807) is 13.1 Å². The Hall–Kier alpha value is -0.651. The van der Waals surface area contributed by atoms with Gasteiger partial charge >= 0.3 is 84.5 Å². The first-order valence-electron chi connectivity index (χ1n) is 4.00. The summed E-state index contributed by atoms with van der Waals surface area (Å²) in [6, 6.07) is 1.80. The fraction of sp³-hybridized carbons (Fsp3) is 0.375. The van der Waals surface area contributed by atoms with Gasteiger partial charge in [-0.15, -0.1) is 0 Å². The van der Waals surface area contributed by atoms with Crippen LogP contribution in [0.3, 0.4) is 0 Å². The number of amides is 1. The van der Waals surface area contributed by atoms with Gasteiger partial charge in [0.25, 0.3) is 0 Å². The van der Waals surface area contributed by atoms with Crippen molar-refractivity contribution in [3.05, 3.63) is 18.1 Å². The Morgan fingerprint density at radius 3 is 2.69 bits per heavy atom. The van der Waals surface area contributed by atoms with Crippen LogP contribution < -0.4 is 9.03 Å². The van der Waals surface area contributed by atoms with Crippen molar-refractivity contribution in [2.24, 2.45) is 0 Å². The van der Waals surface area contributed by atoms with E-state index in [1.165, 1.54) is 6.33 Å². The average Bonchev–Trinajstić information content (AvgIpc) is 2.17. The van der Waals surface area contributed by atoms with Crippen LogP contribution in [-0.4, -0.2) is 42.7 Å². The molecule has 0 bridgehead atoms. The standard InChI is InChI=1S/C6H6N3O.2CH3.Sn/c1-7-6(10)5-2-3-8-4-9-5;;;/h2,4H,1H3,(H,7,10);2*1H3;. The molecule has 0 unspecified atom stereocenters. The van der Waals surface area contributed by atoms with Crippen LogP contribution >= 0.6 is 0 Å². The molecule has 1 aromatic rings. The zero-order chi connectivity index (χ0) is 9.84. The van der Waals surface area contributed by atoms with Crippen LogP contribution in [-0.2, 0) is 0 Å². The number of hydrogen-bond donors (Lipinski definition) is 1. The molecule has 0 fully saturated rings. The number of aromatic nitrogens is 2. The normalized spacial score (nSPS) is 10.2. The predicted molar refractivity (Wildman–Crippen MR) is 52.5 cm³/mol.